The zero-order valence-corrected chi connectivity index (χ0v) is 9.61. The Morgan fingerprint density at radius 1 is 1.29 bits per heavy atom. The molecule has 1 aromatic heterocycles. The second kappa shape index (κ2) is 4.53. The van der Waals surface area contributed by atoms with Crippen LogP contribution < -0.4 is 5.32 Å². The number of nitrogens with one attached hydrogen (secondary N) is 1. The molecule has 2 aromatic rings. The number of hydrogen-bond donors (Lipinski definition) is 1. The molecule has 1 atom stereocenters. The van der Waals surface area contributed by atoms with Crippen molar-refractivity contribution in [3.63, 3.8) is 0 Å². The van der Waals surface area contributed by atoms with Crippen LogP contribution in [-0.2, 0) is 7.05 Å². The Hall–Kier alpha value is -1.91. The van der Waals surface area contributed by atoms with Gasteiger partial charge >= 0.3 is 0 Å². The van der Waals surface area contributed by atoms with Gasteiger partial charge in [0.15, 0.2) is 11.6 Å². The fourth-order valence-electron chi connectivity index (χ4n) is 1.58. The summed E-state index contributed by atoms with van der Waals surface area (Å²) in [5.41, 5.74) is 1.53. The highest BCUT2D eigenvalue weighted by Crippen LogP contribution is 2.20. The lowest BCUT2D eigenvalue weighted by Gasteiger charge is -2.13. The van der Waals surface area contributed by atoms with Crippen molar-refractivity contribution in [2.24, 2.45) is 7.05 Å². The van der Waals surface area contributed by atoms with E-state index in [1.165, 1.54) is 6.07 Å². The molecule has 17 heavy (non-hydrogen) atoms. The number of hydrogen-bond acceptors (Lipinski definition) is 2. The van der Waals surface area contributed by atoms with Gasteiger partial charge in [0.25, 0.3) is 0 Å². The summed E-state index contributed by atoms with van der Waals surface area (Å²) in [5, 5.41) is 7.13. The molecule has 0 spiro atoms. The molecule has 1 heterocycles. The maximum Gasteiger partial charge on any atom is 0.160 e. The van der Waals surface area contributed by atoms with Gasteiger partial charge in [-0.3, -0.25) is 4.68 Å². The molecular formula is C12H13F2N3. The van der Waals surface area contributed by atoms with E-state index in [4.69, 9.17) is 0 Å². The summed E-state index contributed by atoms with van der Waals surface area (Å²) in [6.07, 6.45) is 3.61. The molecule has 3 nitrogen and oxygen atoms in total. The molecule has 0 saturated heterocycles. The molecule has 0 aliphatic carbocycles. The van der Waals surface area contributed by atoms with Crippen molar-refractivity contribution < 1.29 is 8.78 Å². The van der Waals surface area contributed by atoms with E-state index in [1.807, 2.05) is 20.2 Å². The highest BCUT2D eigenvalue weighted by Gasteiger charge is 2.09. The van der Waals surface area contributed by atoms with Gasteiger partial charge in [-0.1, -0.05) is 0 Å². The quantitative estimate of drug-likeness (QED) is 0.889. The number of benzene rings is 1. The lowest BCUT2D eigenvalue weighted by atomic mass is 10.2. The molecule has 2 rings (SSSR count). The topological polar surface area (TPSA) is 29.9 Å². The second-order valence-corrected chi connectivity index (χ2v) is 3.94. The zero-order chi connectivity index (χ0) is 12.4. The fraction of sp³-hybridized carbons (Fsp3) is 0.250. The third kappa shape index (κ3) is 2.61. The molecule has 5 heteroatoms. The maximum atomic E-state index is 13.0. The number of anilines is 1. The van der Waals surface area contributed by atoms with Gasteiger partial charge in [-0.05, 0) is 19.1 Å². The summed E-state index contributed by atoms with van der Waals surface area (Å²) in [7, 11) is 1.83. The molecule has 1 unspecified atom stereocenters. The minimum atomic E-state index is -0.853. The van der Waals surface area contributed by atoms with Crippen molar-refractivity contribution in [2.75, 3.05) is 5.32 Å². The van der Waals surface area contributed by atoms with Gasteiger partial charge in [0.2, 0.25) is 0 Å². The molecule has 1 N–H and O–H groups in total. The van der Waals surface area contributed by atoms with Gasteiger partial charge in [-0.25, -0.2) is 8.78 Å². The van der Waals surface area contributed by atoms with Crippen molar-refractivity contribution in [3.05, 3.63) is 47.8 Å². The van der Waals surface area contributed by atoms with Crippen LogP contribution in [0.5, 0.6) is 0 Å². The van der Waals surface area contributed by atoms with Crippen LogP contribution >= 0.6 is 0 Å². The summed E-state index contributed by atoms with van der Waals surface area (Å²) >= 11 is 0. The Bertz CT molecular complexity index is 522. The van der Waals surface area contributed by atoms with Gasteiger partial charge in [-0.2, -0.15) is 5.10 Å². The normalized spacial score (nSPS) is 12.5. The largest absolute Gasteiger partial charge is 0.378 e. The van der Waals surface area contributed by atoms with Crippen molar-refractivity contribution in [2.45, 2.75) is 13.0 Å². The second-order valence-electron chi connectivity index (χ2n) is 3.94. The van der Waals surface area contributed by atoms with E-state index in [1.54, 1.807) is 10.9 Å². The highest BCUT2D eigenvalue weighted by molar-refractivity contribution is 5.45. The average molecular weight is 237 g/mol. The van der Waals surface area contributed by atoms with Crippen LogP contribution in [0.15, 0.2) is 30.6 Å². The maximum absolute atomic E-state index is 13.0. The number of aryl methyl sites for hydroxylation is 1. The molecule has 0 saturated carbocycles. The van der Waals surface area contributed by atoms with Gasteiger partial charge in [-0.15, -0.1) is 0 Å². The molecule has 0 aliphatic rings. The standard InChI is InChI=1S/C12H13F2N3/c1-8(9-6-15-17(2)7-9)16-10-3-4-11(13)12(14)5-10/h3-8,16H,1-2H3. The summed E-state index contributed by atoms with van der Waals surface area (Å²) in [4.78, 5) is 0. The first-order chi connectivity index (χ1) is 8.06. The predicted octanol–water partition coefficient (Wildman–Crippen LogP) is 2.87. The summed E-state index contributed by atoms with van der Waals surface area (Å²) in [6.45, 7) is 1.93. The average Bonchev–Trinajstić information content (AvgIpc) is 2.70. The van der Waals surface area contributed by atoms with Gasteiger partial charge in [0.1, 0.15) is 0 Å². The Balaban J connectivity index is 2.12. The number of aromatic nitrogens is 2. The van der Waals surface area contributed by atoms with Crippen molar-refractivity contribution >= 4 is 5.69 Å². The van der Waals surface area contributed by atoms with E-state index in [0.29, 0.717) is 5.69 Å². The van der Waals surface area contributed by atoms with Crippen LogP contribution in [0.4, 0.5) is 14.5 Å². The summed E-state index contributed by atoms with van der Waals surface area (Å²) in [5.74, 6) is -1.70. The molecule has 0 aliphatic heterocycles. The van der Waals surface area contributed by atoms with Crippen LogP contribution in [0, 0.1) is 11.6 Å². The van der Waals surface area contributed by atoms with Crippen LogP contribution in [0.1, 0.15) is 18.5 Å². The lowest BCUT2D eigenvalue weighted by molar-refractivity contribution is 0.509. The molecule has 0 bridgehead atoms. The predicted molar refractivity (Wildman–Crippen MR) is 61.6 cm³/mol. The van der Waals surface area contributed by atoms with E-state index in [2.05, 4.69) is 10.4 Å². The minimum Gasteiger partial charge on any atom is -0.378 e. The molecular weight excluding hydrogens is 224 g/mol. The van der Waals surface area contributed by atoms with Crippen molar-refractivity contribution in [1.29, 1.82) is 0 Å². The van der Waals surface area contributed by atoms with E-state index in [-0.39, 0.29) is 6.04 Å². The van der Waals surface area contributed by atoms with E-state index >= 15 is 0 Å². The monoisotopic (exact) mass is 237 g/mol. The van der Waals surface area contributed by atoms with E-state index < -0.39 is 11.6 Å². The summed E-state index contributed by atoms with van der Waals surface area (Å²) < 4.78 is 27.4. The van der Waals surface area contributed by atoms with E-state index in [0.717, 1.165) is 17.7 Å². The van der Waals surface area contributed by atoms with Crippen LogP contribution in [0.3, 0.4) is 0 Å². The van der Waals surface area contributed by atoms with Crippen LogP contribution in [0.25, 0.3) is 0 Å². The van der Waals surface area contributed by atoms with E-state index in [9.17, 15) is 8.78 Å². The first-order valence-electron chi connectivity index (χ1n) is 5.26. The Morgan fingerprint density at radius 3 is 2.65 bits per heavy atom. The molecule has 0 radical (unpaired) electrons. The van der Waals surface area contributed by atoms with Crippen LogP contribution in [-0.4, -0.2) is 9.78 Å². The lowest BCUT2D eigenvalue weighted by Crippen LogP contribution is -2.06. The van der Waals surface area contributed by atoms with Gasteiger partial charge in [0.05, 0.1) is 12.2 Å². The van der Waals surface area contributed by atoms with Gasteiger partial charge < -0.3 is 5.32 Å². The summed E-state index contributed by atoms with van der Waals surface area (Å²) in [6, 6.07) is 3.73. The highest BCUT2D eigenvalue weighted by atomic mass is 19.2. The first kappa shape index (κ1) is 11.6. The fourth-order valence-corrected chi connectivity index (χ4v) is 1.58. The van der Waals surface area contributed by atoms with Crippen LogP contribution in [0.2, 0.25) is 0 Å². The SMILES string of the molecule is CC(Nc1ccc(F)c(F)c1)c1cnn(C)c1. The third-order valence-corrected chi connectivity index (χ3v) is 2.53. The molecule has 1 aromatic carbocycles. The smallest absolute Gasteiger partial charge is 0.160 e. The third-order valence-electron chi connectivity index (χ3n) is 2.53. The number of halogens is 2. The Kier molecular flexibility index (Phi) is 3.08. The number of rotatable bonds is 3. The number of nitrogens with zero attached hydrogens (tertiary/aromatic N) is 2. The Morgan fingerprint density at radius 2 is 2.06 bits per heavy atom. The van der Waals surface area contributed by atoms with Crippen molar-refractivity contribution in [3.8, 4) is 0 Å². The molecule has 0 fully saturated rings. The molecule has 0 amide bonds. The Labute approximate surface area is 98.1 Å². The molecule has 90 valence electrons. The zero-order valence-electron chi connectivity index (χ0n) is 9.61. The minimum absolute atomic E-state index is 0.0199. The van der Waals surface area contributed by atoms with Crippen molar-refractivity contribution in [1.82, 2.24) is 9.78 Å². The van der Waals surface area contributed by atoms with Gasteiger partial charge in [0, 0.05) is 30.6 Å². The first-order valence-corrected chi connectivity index (χ1v) is 5.26.